The lowest BCUT2D eigenvalue weighted by molar-refractivity contribution is -0.145. The Bertz CT molecular complexity index is 985. The Balaban J connectivity index is 2.40. The molecule has 1 aliphatic rings. The van der Waals surface area contributed by atoms with E-state index < -0.39 is 17.5 Å². The second-order valence-electron chi connectivity index (χ2n) is 8.78. The summed E-state index contributed by atoms with van der Waals surface area (Å²) < 4.78 is 13.7. The van der Waals surface area contributed by atoms with Gasteiger partial charge in [-0.15, -0.1) is 6.42 Å². The van der Waals surface area contributed by atoms with Gasteiger partial charge in [0.05, 0.1) is 6.10 Å². The second-order valence-corrected chi connectivity index (χ2v) is 8.78. The number of carbonyl (C=O) groups is 1. The molecule has 2 atom stereocenters. The quantitative estimate of drug-likeness (QED) is 0.611. The molecular formula is C26H30FNO3. The molecule has 1 saturated carbocycles. The van der Waals surface area contributed by atoms with Crippen molar-refractivity contribution in [3.05, 3.63) is 53.1 Å². The first-order valence-electron chi connectivity index (χ1n) is 10.9. The van der Waals surface area contributed by atoms with Crippen LogP contribution in [0.25, 0.3) is 11.1 Å². The largest absolute Gasteiger partial charge is 0.480 e. The number of terminal acetylenes is 1. The van der Waals surface area contributed by atoms with Crippen LogP contribution in [0.5, 0.6) is 0 Å². The Hall–Kier alpha value is -2.71. The summed E-state index contributed by atoms with van der Waals surface area (Å²) in [5.74, 6) is 0.865. The Kier molecular flexibility index (Phi) is 6.81. The first-order valence-corrected chi connectivity index (χ1v) is 10.9. The van der Waals surface area contributed by atoms with Crippen molar-refractivity contribution in [2.75, 3.05) is 0 Å². The molecule has 4 nitrogen and oxygen atoms in total. The van der Waals surface area contributed by atoms with Crippen LogP contribution in [-0.2, 0) is 10.2 Å². The normalized spacial score (nSPS) is 17.7. The van der Waals surface area contributed by atoms with Crippen molar-refractivity contribution in [2.45, 2.75) is 76.2 Å². The van der Waals surface area contributed by atoms with Gasteiger partial charge in [-0.05, 0) is 55.0 Å². The highest BCUT2D eigenvalue weighted by Crippen LogP contribution is 2.43. The van der Waals surface area contributed by atoms with E-state index in [1.165, 1.54) is 25.5 Å². The van der Waals surface area contributed by atoms with Gasteiger partial charge in [0.2, 0.25) is 0 Å². The van der Waals surface area contributed by atoms with Crippen LogP contribution in [0.2, 0.25) is 0 Å². The topological polar surface area (TPSA) is 70.4 Å². The SMILES string of the molecule is C#CC(C(=O)O)(c1c(-c2ccc(F)cc2)cc(C2CCCCC2)nc1C(C)C)C(C)O. The van der Waals surface area contributed by atoms with Gasteiger partial charge in [-0.3, -0.25) is 9.78 Å². The number of aliphatic hydroxyl groups excluding tert-OH is 1. The number of aliphatic hydroxyl groups is 1. The Morgan fingerprint density at radius 1 is 1.19 bits per heavy atom. The van der Waals surface area contributed by atoms with Crippen LogP contribution in [-0.4, -0.2) is 27.3 Å². The molecule has 0 bridgehead atoms. The lowest BCUT2D eigenvalue weighted by atomic mass is 9.71. The lowest BCUT2D eigenvalue weighted by Crippen LogP contribution is -2.45. The van der Waals surface area contributed by atoms with Crippen LogP contribution in [0.15, 0.2) is 30.3 Å². The number of halogens is 1. The van der Waals surface area contributed by atoms with Crippen molar-refractivity contribution in [3.63, 3.8) is 0 Å². The smallest absolute Gasteiger partial charge is 0.329 e. The fourth-order valence-electron chi connectivity index (χ4n) is 4.63. The lowest BCUT2D eigenvalue weighted by Gasteiger charge is -2.33. The minimum absolute atomic E-state index is 0.122. The molecule has 1 heterocycles. The van der Waals surface area contributed by atoms with Gasteiger partial charge < -0.3 is 10.2 Å². The number of aliphatic carboxylic acids is 1. The monoisotopic (exact) mass is 423 g/mol. The maximum atomic E-state index is 13.7. The summed E-state index contributed by atoms with van der Waals surface area (Å²) in [6.45, 7) is 5.27. The molecule has 164 valence electrons. The average Bonchev–Trinajstić information content (AvgIpc) is 2.75. The summed E-state index contributed by atoms with van der Waals surface area (Å²) in [4.78, 5) is 17.4. The summed E-state index contributed by atoms with van der Waals surface area (Å²) in [6, 6.07) is 7.83. The van der Waals surface area contributed by atoms with Gasteiger partial charge in [0.15, 0.2) is 5.41 Å². The predicted octanol–water partition coefficient (Wildman–Crippen LogP) is 5.40. The van der Waals surface area contributed by atoms with E-state index in [9.17, 15) is 19.4 Å². The molecule has 3 rings (SSSR count). The molecule has 1 aliphatic carbocycles. The fraction of sp³-hybridized carbons (Fsp3) is 0.462. The molecule has 1 aromatic carbocycles. The summed E-state index contributed by atoms with van der Waals surface area (Å²) in [5, 5.41) is 20.8. The van der Waals surface area contributed by atoms with Gasteiger partial charge >= 0.3 is 5.97 Å². The van der Waals surface area contributed by atoms with Gasteiger partial charge in [-0.25, -0.2) is 4.39 Å². The van der Waals surface area contributed by atoms with Crippen LogP contribution in [0, 0.1) is 18.2 Å². The van der Waals surface area contributed by atoms with Crippen molar-refractivity contribution in [3.8, 4) is 23.5 Å². The van der Waals surface area contributed by atoms with E-state index in [-0.39, 0.29) is 17.7 Å². The van der Waals surface area contributed by atoms with E-state index in [4.69, 9.17) is 11.4 Å². The molecular weight excluding hydrogens is 393 g/mol. The van der Waals surface area contributed by atoms with Crippen molar-refractivity contribution >= 4 is 5.97 Å². The molecule has 0 amide bonds. The molecule has 5 heteroatoms. The van der Waals surface area contributed by atoms with E-state index in [1.54, 1.807) is 12.1 Å². The first-order chi connectivity index (χ1) is 14.7. The highest BCUT2D eigenvalue weighted by molar-refractivity contribution is 5.91. The second kappa shape index (κ2) is 9.20. The summed E-state index contributed by atoms with van der Waals surface area (Å²) >= 11 is 0. The minimum Gasteiger partial charge on any atom is -0.480 e. The van der Waals surface area contributed by atoms with Crippen molar-refractivity contribution in [2.24, 2.45) is 0 Å². The van der Waals surface area contributed by atoms with Crippen LogP contribution in [0.4, 0.5) is 4.39 Å². The van der Waals surface area contributed by atoms with E-state index in [0.29, 0.717) is 22.4 Å². The Morgan fingerprint density at radius 2 is 1.81 bits per heavy atom. The molecule has 0 spiro atoms. The Labute approximate surface area is 183 Å². The number of hydrogen-bond donors (Lipinski definition) is 2. The molecule has 0 saturated heterocycles. The first kappa shape index (κ1) is 23.0. The van der Waals surface area contributed by atoms with Crippen LogP contribution in [0.3, 0.4) is 0 Å². The number of carboxylic acid groups (broad SMARTS) is 1. The molecule has 2 unspecified atom stereocenters. The van der Waals surface area contributed by atoms with Crippen molar-refractivity contribution < 1.29 is 19.4 Å². The Morgan fingerprint density at radius 3 is 2.29 bits per heavy atom. The number of hydrogen-bond acceptors (Lipinski definition) is 3. The number of carboxylic acids is 1. The fourth-order valence-corrected chi connectivity index (χ4v) is 4.63. The number of benzene rings is 1. The molecule has 31 heavy (non-hydrogen) atoms. The van der Waals surface area contributed by atoms with Gasteiger partial charge in [-0.1, -0.05) is 51.2 Å². The van der Waals surface area contributed by atoms with E-state index >= 15 is 0 Å². The summed E-state index contributed by atoms with van der Waals surface area (Å²) in [5.41, 5.74) is 1.08. The summed E-state index contributed by atoms with van der Waals surface area (Å²) in [6.07, 6.45) is 9.96. The minimum atomic E-state index is -1.97. The standard InChI is InChI=1S/C26H30FNO3/c1-5-26(17(4)29,25(30)31)23-21(18-11-13-20(27)14-12-18)15-22(28-24(23)16(2)3)19-9-7-6-8-10-19/h1,11-17,19,29H,6-10H2,2-4H3,(H,30,31). The van der Waals surface area contributed by atoms with Crippen molar-refractivity contribution in [1.82, 2.24) is 4.98 Å². The van der Waals surface area contributed by atoms with E-state index in [1.807, 2.05) is 19.9 Å². The number of rotatable bonds is 6. The van der Waals surface area contributed by atoms with Crippen LogP contribution in [0.1, 0.15) is 81.7 Å². The van der Waals surface area contributed by atoms with Gasteiger partial charge in [-0.2, -0.15) is 0 Å². The molecule has 0 aliphatic heterocycles. The number of aromatic nitrogens is 1. The van der Waals surface area contributed by atoms with Gasteiger partial charge in [0.25, 0.3) is 0 Å². The van der Waals surface area contributed by atoms with Crippen molar-refractivity contribution in [1.29, 1.82) is 0 Å². The maximum absolute atomic E-state index is 13.7. The highest BCUT2D eigenvalue weighted by Gasteiger charge is 2.48. The van der Waals surface area contributed by atoms with Gasteiger partial charge in [0.1, 0.15) is 5.82 Å². The molecule has 2 aromatic rings. The third-order valence-corrected chi connectivity index (χ3v) is 6.38. The molecule has 0 radical (unpaired) electrons. The third kappa shape index (κ3) is 4.22. The maximum Gasteiger partial charge on any atom is 0.329 e. The predicted molar refractivity (Wildman–Crippen MR) is 119 cm³/mol. The van der Waals surface area contributed by atoms with E-state index in [0.717, 1.165) is 31.4 Å². The average molecular weight is 424 g/mol. The number of nitrogens with zero attached hydrogens (tertiary/aromatic N) is 1. The highest BCUT2D eigenvalue weighted by atomic mass is 19.1. The van der Waals surface area contributed by atoms with Crippen LogP contribution >= 0.6 is 0 Å². The van der Waals surface area contributed by atoms with Gasteiger partial charge in [0, 0.05) is 22.9 Å². The number of pyridine rings is 1. The molecule has 1 fully saturated rings. The van der Waals surface area contributed by atoms with E-state index in [2.05, 4.69) is 5.92 Å². The summed E-state index contributed by atoms with van der Waals surface area (Å²) in [7, 11) is 0. The third-order valence-electron chi connectivity index (χ3n) is 6.38. The molecule has 2 N–H and O–H groups in total. The zero-order chi connectivity index (χ0) is 22.8. The zero-order valence-corrected chi connectivity index (χ0v) is 18.4. The van der Waals surface area contributed by atoms with Crippen LogP contribution < -0.4 is 0 Å². The molecule has 1 aromatic heterocycles. The zero-order valence-electron chi connectivity index (χ0n) is 18.4.